The standard InChI is InChI=1S/C16H20N2O3S/c1-9-7-8-18(10(9)2)16(21)14(20)13(19)15-17-11-5-3-4-6-12(11)22-15/h3-6,9-10,13-14,19-20H,7-8H2,1-2H3. The second kappa shape index (κ2) is 5.95. The van der Waals surface area contributed by atoms with Gasteiger partial charge in [-0.1, -0.05) is 19.1 Å². The van der Waals surface area contributed by atoms with Crippen LogP contribution < -0.4 is 0 Å². The average molecular weight is 320 g/mol. The molecule has 0 saturated carbocycles. The summed E-state index contributed by atoms with van der Waals surface area (Å²) < 4.78 is 0.930. The molecule has 22 heavy (non-hydrogen) atoms. The lowest BCUT2D eigenvalue weighted by molar-refractivity contribution is -0.147. The van der Waals surface area contributed by atoms with Crippen molar-refractivity contribution < 1.29 is 15.0 Å². The average Bonchev–Trinajstić information content (AvgIpc) is 3.09. The van der Waals surface area contributed by atoms with Crippen LogP contribution in [-0.4, -0.2) is 44.7 Å². The Hall–Kier alpha value is -1.50. The van der Waals surface area contributed by atoms with Crippen molar-refractivity contribution >= 4 is 27.5 Å². The molecule has 0 radical (unpaired) electrons. The first-order valence-corrected chi connectivity index (χ1v) is 8.32. The van der Waals surface area contributed by atoms with Crippen LogP contribution >= 0.6 is 11.3 Å². The Bertz CT molecular complexity index is 654. The van der Waals surface area contributed by atoms with Crippen LogP contribution in [0.2, 0.25) is 0 Å². The summed E-state index contributed by atoms with van der Waals surface area (Å²) in [6, 6.07) is 7.60. The highest BCUT2D eigenvalue weighted by Gasteiger charge is 2.37. The Morgan fingerprint density at radius 2 is 2.09 bits per heavy atom. The van der Waals surface area contributed by atoms with E-state index in [2.05, 4.69) is 11.9 Å². The molecule has 1 aliphatic heterocycles. The largest absolute Gasteiger partial charge is 0.383 e. The van der Waals surface area contributed by atoms with Crippen LogP contribution in [0.4, 0.5) is 0 Å². The van der Waals surface area contributed by atoms with Crippen LogP contribution in [0.5, 0.6) is 0 Å². The Balaban J connectivity index is 1.79. The molecule has 1 amide bonds. The lowest BCUT2D eigenvalue weighted by Gasteiger charge is -2.27. The fraction of sp³-hybridized carbons (Fsp3) is 0.500. The molecule has 0 aliphatic carbocycles. The Labute approximate surface area is 133 Å². The number of carbonyl (C=O) groups excluding carboxylic acids is 1. The number of benzene rings is 1. The molecule has 1 aromatic carbocycles. The second-order valence-electron chi connectivity index (χ2n) is 5.95. The summed E-state index contributed by atoms with van der Waals surface area (Å²) in [6.07, 6.45) is -1.82. The third-order valence-corrected chi connectivity index (χ3v) is 5.65. The van der Waals surface area contributed by atoms with Gasteiger partial charge in [-0.05, 0) is 31.4 Å². The van der Waals surface area contributed by atoms with E-state index in [-0.39, 0.29) is 6.04 Å². The molecule has 0 spiro atoms. The van der Waals surface area contributed by atoms with E-state index in [1.807, 2.05) is 31.2 Å². The molecule has 2 heterocycles. The minimum absolute atomic E-state index is 0.0877. The van der Waals surface area contributed by atoms with Crippen LogP contribution in [0.15, 0.2) is 24.3 Å². The predicted molar refractivity (Wildman–Crippen MR) is 85.5 cm³/mol. The number of para-hydroxylation sites is 1. The molecule has 1 aliphatic rings. The van der Waals surface area contributed by atoms with Gasteiger partial charge in [-0.15, -0.1) is 11.3 Å². The molecule has 1 saturated heterocycles. The van der Waals surface area contributed by atoms with Gasteiger partial charge in [-0.2, -0.15) is 0 Å². The normalized spacial score (nSPS) is 24.6. The molecular weight excluding hydrogens is 300 g/mol. The number of aromatic nitrogens is 1. The number of fused-ring (bicyclic) bond motifs is 1. The molecule has 4 atom stereocenters. The molecular formula is C16H20N2O3S. The number of thiazole rings is 1. The molecule has 118 valence electrons. The first kappa shape index (κ1) is 15.4. The van der Waals surface area contributed by atoms with Crippen molar-refractivity contribution in [1.29, 1.82) is 0 Å². The van der Waals surface area contributed by atoms with Crippen LogP contribution in [0.1, 0.15) is 31.4 Å². The first-order valence-electron chi connectivity index (χ1n) is 7.51. The molecule has 1 fully saturated rings. The van der Waals surface area contributed by atoms with E-state index in [1.54, 1.807) is 4.90 Å². The molecule has 2 aromatic rings. The minimum atomic E-state index is -1.46. The number of hydrogen-bond donors (Lipinski definition) is 2. The molecule has 2 N–H and O–H groups in total. The van der Waals surface area contributed by atoms with Gasteiger partial charge in [-0.3, -0.25) is 4.79 Å². The molecule has 1 aromatic heterocycles. The number of aliphatic hydroxyl groups excluding tert-OH is 2. The van der Waals surface area contributed by atoms with E-state index in [4.69, 9.17) is 0 Å². The zero-order valence-corrected chi connectivity index (χ0v) is 13.5. The molecule has 0 bridgehead atoms. The molecule has 5 nitrogen and oxygen atoms in total. The van der Waals surface area contributed by atoms with Crippen molar-refractivity contribution in [3.05, 3.63) is 29.3 Å². The van der Waals surface area contributed by atoms with Gasteiger partial charge in [0.1, 0.15) is 11.1 Å². The van der Waals surface area contributed by atoms with Crippen LogP contribution in [-0.2, 0) is 4.79 Å². The van der Waals surface area contributed by atoms with E-state index in [0.717, 1.165) is 16.6 Å². The van der Waals surface area contributed by atoms with Gasteiger partial charge in [0.05, 0.1) is 10.2 Å². The zero-order chi connectivity index (χ0) is 15.9. The molecule has 4 unspecified atom stereocenters. The van der Waals surface area contributed by atoms with E-state index < -0.39 is 18.1 Å². The minimum Gasteiger partial charge on any atom is -0.383 e. The summed E-state index contributed by atoms with van der Waals surface area (Å²) >= 11 is 1.30. The van der Waals surface area contributed by atoms with E-state index in [0.29, 0.717) is 17.5 Å². The first-order chi connectivity index (χ1) is 10.5. The maximum Gasteiger partial charge on any atom is 0.254 e. The molecule has 3 rings (SSSR count). The Morgan fingerprint density at radius 3 is 2.73 bits per heavy atom. The predicted octanol–water partition coefficient (Wildman–Crippen LogP) is 1.95. The number of aliphatic hydroxyl groups is 2. The van der Waals surface area contributed by atoms with Crippen LogP contribution in [0, 0.1) is 5.92 Å². The summed E-state index contributed by atoms with van der Waals surface area (Å²) in [6.45, 7) is 4.70. The highest BCUT2D eigenvalue weighted by molar-refractivity contribution is 7.18. The number of likely N-dealkylation sites (tertiary alicyclic amines) is 1. The number of amides is 1. The van der Waals surface area contributed by atoms with Gasteiger partial charge >= 0.3 is 0 Å². The quantitative estimate of drug-likeness (QED) is 0.906. The SMILES string of the molecule is CC1CCN(C(=O)C(O)C(O)c2nc3ccccc3s2)C1C. The summed E-state index contributed by atoms with van der Waals surface area (Å²) in [5, 5.41) is 21.0. The fourth-order valence-electron chi connectivity index (χ4n) is 2.86. The smallest absolute Gasteiger partial charge is 0.254 e. The fourth-order valence-corrected chi connectivity index (χ4v) is 3.85. The van der Waals surface area contributed by atoms with Gasteiger partial charge in [0.25, 0.3) is 5.91 Å². The summed E-state index contributed by atoms with van der Waals surface area (Å²) in [7, 11) is 0. The lowest BCUT2D eigenvalue weighted by atomic mass is 10.0. The zero-order valence-electron chi connectivity index (χ0n) is 12.6. The number of nitrogens with zero attached hydrogens (tertiary/aromatic N) is 2. The van der Waals surface area contributed by atoms with Gasteiger partial charge in [0, 0.05) is 12.6 Å². The summed E-state index contributed by atoms with van der Waals surface area (Å²) in [4.78, 5) is 18.4. The van der Waals surface area contributed by atoms with Crippen molar-refractivity contribution in [1.82, 2.24) is 9.88 Å². The summed E-state index contributed by atoms with van der Waals surface area (Å²) in [5.74, 6) is -0.000602. The van der Waals surface area contributed by atoms with Crippen molar-refractivity contribution in [2.45, 2.75) is 38.5 Å². The Morgan fingerprint density at radius 1 is 1.36 bits per heavy atom. The van der Waals surface area contributed by atoms with Crippen molar-refractivity contribution in [3.63, 3.8) is 0 Å². The number of carbonyl (C=O) groups is 1. The number of rotatable bonds is 3. The van der Waals surface area contributed by atoms with Gasteiger partial charge in [0.2, 0.25) is 0 Å². The van der Waals surface area contributed by atoms with Crippen molar-refractivity contribution in [2.75, 3.05) is 6.54 Å². The van der Waals surface area contributed by atoms with E-state index >= 15 is 0 Å². The highest BCUT2D eigenvalue weighted by atomic mass is 32.1. The highest BCUT2D eigenvalue weighted by Crippen LogP contribution is 2.30. The van der Waals surface area contributed by atoms with Crippen molar-refractivity contribution in [3.8, 4) is 0 Å². The van der Waals surface area contributed by atoms with E-state index in [1.165, 1.54) is 11.3 Å². The number of hydrogen-bond acceptors (Lipinski definition) is 5. The van der Waals surface area contributed by atoms with Gasteiger partial charge < -0.3 is 15.1 Å². The van der Waals surface area contributed by atoms with E-state index in [9.17, 15) is 15.0 Å². The molecule has 6 heteroatoms. The third-order valence-electron chi connectivity index (χ3n) is 4.54. The lowest BCUT2D eigenvalue weighted by Crippen LogP contribution is -2.44. The maximum absolute atomic E-state index is 12.4. The maximum atomic E-state index is 12.4. The van der Waals surface area contributed by atoms with Crippen LogP contribution in [0.25, 0.3) is 10.2 Å². The van der Waals surface area contributed by atoms with Crippen molar-refractivity contribution in [2.24, 2.45) is 5.92 Å². The summed E-state index contributed by atoms with van der Waals surface area (Å²) in [5.41, 5.74) is 0.768. The second-order valence-corrected chi connectivity index (χ2v) is 7.01. The monoisotopic (exact) mass is 320 g/mol. The van der Waals surface area contributed by atoms with Gasteiger partial charge in [0.15, 0.2) is 6.10 Å². The topological polar surface area (TPSA) is 73.7 Å². The van der Waals surface area contributed by atoms with Crippen LogP contribution in [0.3, 0.4) is 0 Å². The van der Waals surface area contributed by atoms with Gasteiger partial charge in [-0.25, -0.2) is 4.98 Å². The Kier molecular flexibility index (Phi) is 4.16. The third kappa shape index (κ3) is 2.62.